The van der Waals surface area contributed by atoms with E-state index in [1.54, 1.807) is 19.1 Å². The number of benzene rings is 1. The summed E-state index contributed by atoms with van der Waals surface area (Å²) in [5.41, 5.74) is 1.53. The number of nitrogens with one attached hydrogen (secondary N) is 1. The minimum absolute atomic E-state index is 0.162. The van der Waals surface area contributed by atoms with Gasteiger partial charge in [-0.15, -0.1) is 0 Å². The first-order valence-corrected chi connectivity index (χ1v) is 9.50. The molecule has 0 heterocycles. The van der Waals surface area contributed by atoms with Crippen molar-refractivity contribution in [1.82, 2.24) is 9.62 Å². The van der Waals surface area contributed by atoms with Crippen molar-refractivity contribution in [2.75, 3.05) is 26.7 Å². The van der Waals surface area contributed by atoms with Crippen LogP contribution >= 0.6 is 0 Å². The summed E-state index contributed by atoms with van der Waals surface area (Å²) >= 11 is 0. The summed E-state index contributed by atoms with van der Waals surface area (Å²) in [6.07, 6.45) is 0.853. The number of nitrogens with zero attached hydrogens (tertiary/aromatic N) is 1. The number of aryl methyl sites for hydroxylation is 2. The van der Waals surface area contributed by atoms with Crippen LogP contribution in [0.4, 0.5) is 0 Å². The molecule has 0 saturated carbocycles. The number of sulfonamides is 1. The number of carbonyl (C=O) groups is 1. The van der Waals surface area contributed by atoms with Crippen molar-refractivity contribution in [3.05, 3.63) is 29.3 Å². The highest BCUT2D eigenvalue weighted by atomic mass is 32.2. The van der Waals surface area contributed by atoms with E-state index < -0.39 is 10.0 Å². The summed E-state index contributed by atoms with van der Waals surface area (Å²) in [7, 11) is -2.27. The molecule has 0 fully saturated rings. The molecule has 0 bridgehead atoms. The van der Waals surface area contributed by atoms with E-state index in [9.17, 15) is 13.2 Å². The Labute approximate surface area is 145 Å². The Hall–Kier alpha value is -1.44. The predicted octanol–water partition coefficient (Wildman–Crippen LogP) is 1.86. The van der Waals surface area contributed by atoms with E-state index in [-0.39, 0.29) is 23.5 Å². The zero-order chi connectivity index (χ0) is 18.3. The van der Waals surface area contributed by atoms with Gasteiger partial charge in [0, 0.05) is 20.2 Å². The summed E-state index contributed by atoms with van der Waals surface area (Å²) in [4.78, 5) is 12.2. The second-order valence-electron chi connectivity index (χ2n) is 6.15. The molecule has 0 spiro atoms. The lowest BCUT2D eigenvalue weighted by Gasteiger charge is -2.18. The van der Waals surface area contributed by atoms with Crippen molar-refractivity contribution < 1.29 is 17.9 Å². The molecule has 24 heavy (non-hydrogen) atoms. The number of amides is 1. The van der Waals surface area contributed by atoms with Gasteiger partial charge in [0.25, 0.3) is 0 Å². The van der Waals surface area contributed by atoms with Crippen LogP contribution in [0, 0.1) is 13.8 Å². The number of carbonyl (C=O) groups excluding carboxylic acids is 1. The van der Waals surface area contributed by atoms with E-state index in [1.165, 1.54) is 7.05 Å². The molecular weight excluding hydrogens is 328 g/mol. The van der Waals surface area contributed by atoms with Crippen LogP contribution in [0.2, 0.25) is 0 Å². The van der Waals surface area contributed by atoms with Gasteiger partial charge in [0.1, 0.15) is 0 Å². The molecule has 0 aromatic heterocycles. The highest BCUT2D eigenvalue weighted by Gasteiger charge is 2.24. The van der Waals surface area contributed by atoms with Crippen LogP contribution in [0.25, 0.3) is 0 Å². The van der Waals surface area contributed by atoms with E-state index in [2.05, 4.69) is 5.32 Å². The Morgan fingerprint density at radius 3 is 2.58 bits per heavy atom. The van der Waals surface area contributed by atoms with Gasteiger partial charge in [-0.05, 0) is 51.3 Å². The first kappa shape index (κ1) is 20.6. The van der Waals surface area contributed by atoms with Gasteiger partial charge in [-0.3, -0.25) is 4.79 Å². The molecule has 0 aliphatic rings. The minimum atomic E-state index is -3.69. The van der Waals surface area contributed by atoms with Crippen LogP contribution < -0.4 is 5.32 Å². The van der Waals surface area contributed by atoms with Crippen molar-refractivity contribution in [1.29, 1.82) is 0 Å². The van der Waals surface area contributed by atoms with Crippen LogP contribution in [0.3, 0.4) is 0 Å². The number of rotatable bonds is 9. The van der Waals surface area contributed by atoms with E-state index >= 15 is 0 Å². The SMILES string of the molecule is Cc1ccc(C)c(S(=O)(=O)N(C)CC(=O)NCCCOC(C)C)c1. The summed E-state index contributed by atoms with van der Waals surface area (Å²) < 4.78 is 31.7. The van der Waals surface area contributed by atoms with Crippen molar-refractivity contribution >= 4 is 15.9 Å². The molecule has 7 heteroatoms. The number of ether oxygens (including phenoxy) is 1. The molecule has 0 aliphatic carbocycles. The predicted molar refractivity (Wildman–Crippen MR) is 94.4 cm³/mol. The smallest absolute Gasteiger partial charge is 0.243 e. The molecule has 0 unspecified atom stereocenters. The van der Waals surface area contributed by atoms with Crippen LogP contribution in [0.5, 0.6) is 0 Å². The summed E-state index contributed by atoms with van der Waals surface area (Å²) in [5.74, 6) is -0.323. The molecule has 1 aromatic carbocycles. The number of hydrogen-bond acceptors (Lipinski definition) is 4. The highest BCUT2D eigenvalue weighted by molar-refractivity contribution is 7.89. The lowest BCUT2D eigenvalue weighted by molar-refractivity contribution is -0.121. The molecule has 1 N–H and O–H groups in total. The third kappa shape index (κ3) is 6.22. The quantitative estimate of drug-likeness (QED) is 0.685. The van der Waals surface area contributed by atoms with Crippen molar-refractivity contribution in [3.63, 3.8) is 0 Å². The monoisotopic (exact) mass is 356 g/mol. The largest absolute Gasteiger partial charge is 0.379 e. The fourth-order valence-electron chi connectivity index (χ4n) is 2.12. The van der Waals surface area contributed by atoms with Crippen LogP contribution in [-0.2, 0) is 19.6 Å². The van der Waals surface area contributed by atoms with Gasteiger partial charge < -0.3 is 10.1 Å². The number of hydrogen-bond donors (Lipinski definition) is 1. The third-order valence-electron chi connectivity index (χ3n) is 3.49. The molecule has 6 nitrogen and oxygen atoms in total. The maximum atomic E-state index is 12.6. The molecule has 0 atom stereocenters. The summed E-state index contributed by atoms with van der Waals surface area (Å²) in [6, 6.07) is 5.26. The van der Waals surface area contributed by atoms with Gasteiger partial charge in [0.2, 0.25) is 15.9 Å². The Balaban J connectivity index is 2.58. The van der Waals surface area contributed by atoms with E-state index in [4.69, 9.17) is 4.74 Å². The molecule has 0 saturated heterocycles. The topological polar surface area (TPSA) is 75.7 Å². The Bertz CT molecular complexity index is 657. The fourth-order valence-corrected chi connectivity index (χ4v) is 3.55. The first-order chi connectivity index (χ1) is 11.1. The fraction of sp³-hybridized carbons (Fsp3) is 0.588. The van der Waals surface area contributed by atoms with Gasteiger partial charge in [-0.2, -0.15) is 4.31 Å². The van der Waals surface area contributed by atoms with E-state index in [1.807, 2.05) is 26.8 Å². The Kier molecular flexibility index (Phi) is 7.86. The third-order valence-corrected chi connectivity index (χ3v) is 5.44. The number of likely N-dealkylation sites (N-methyl/N-ethyl adjacent to an activating group) is 1. The Morgan fingerprint density at radius 1 is 1.29 bits per heavy atom. The zero-order valence-corrected chi connectivity index (χ0v) is 15.9. The van der Waals surface area contributed by atoms with Gasteiger partial charge >= 0.3 is 0 Å². The average Bonchev–Trinajstić information content (AvgIpc) is 2.48. The van der Waals surface area contributed by atoms with Gasteiger partial charge in [-0.1, -0.05) is 12.1 Å². The molecule has 1 aromatic rings. The molecule has 136 valence electrons. The standard InChI is InChI=1S/C17H28N2O4S/c1-13(2)23-10-6-9-18-17(20)12-19(5)24(21,22)16-11-14(3)7-8-15(16)4/h7-8,11,13H,6,9-10,12H2,1-5H3,(H,18,20). The first-order valence-electron chi connectivity index (χ1n) is 8.06. The second kappa shape index (κ2) is 9.15. The maximum Gasteiger partial charge on any atom is 0.243 e. The lowest BCUT2D eigenvalue weighted by Crippen LogP contribution is -2.39. The Morgan fingerprint density at radius 2 is 1.96 bits per heavy atom. The molecule has 1 rings (SSSR count). The molecule has 0 aliphatic heterocycles. The second-order valence-corrected chi connectivity index (χ2v) is 8.17. The molecule has 0 radical (unpaired) electrons. The summed E-state index contributed by atoms with van der Waals surface area (Å²) in [5, 5.41) is 2.71. The minimum Gasteiger partial charge on any atom is -0.379 e. The molecular formula is C17H28N2O4S. The average molecular weight is 356 g/mol. The van der Waals surface area contributed by atoms with Crippen LogP contribution in [-0.4, -0.2) is 51.5 Å². The van der Waals surface area contributed by atoms with E-state index in [0.717, 1.165) is 9.87 Å². The normalized spacial score (nSPS) is 12.0. The maximum absolute atomic E-state index is 12.6. The highest BCUT2D eigenvalue weighted by Crippen LogP contribution is 2.20. The lowest BCUT2D eigenvalue weighted by atomic mass is 10.2. The van der Waals surface area contributed by atoms with Crippen LogP contribution in [0.1, 0.15) is 31.4 Å². The van der Waals surface area contributed by atoms with Crippen molar-refractivity contribution in [2.45, 2.75) is 45.1 Å². The van der Waals surface area contributed by atoms with E-state index in [0.29, 0.717) is 25.1 Å². The van der Waals surface area contributed by atoms with Crippen molar-refractivity contribution in [2.24, 2.45) is 0 Å². The summed E-state index contributed by atoms with van der Waals surface area (Å²) in [6.45, 7) is 8.30. The molecule has 1 amide bonds. The van der Waals surface area contributed by atoms with Gasteiger partial charge in [0.05, 0.1) is 17.5 Å². The zero-order valence-electron chi connectivity index (χ0n) is 15.1. The van der Waals surface area contributed by atoms with Gasteiger partial charge in [0.15, 0.2) is 0 Å². The van der Waals surface area contributed by atoms with Gasteiger partial charge in [-0.25, -0.2) is 8.42 Å². The van der Waals surface area contributed by atoms with Crippen molar-refractivity contribution in [3.8, 4) is 0 Å². The van der Waals surface area contributed by atoms with Crippen LogP contribution in [0.15, 0.2) is 23.1 Å².